The summed E-state index contributed by atoms with van der Waals surface area (Å²) in [6.07, 6.45) is 1.82. The summed E-state index contributed by atoms with van der Waals surface area (Å²) in [7, 11) is 5.55. The smallest absolute Gasteiger partial charge is 0.183 e. The monoisotopic (exact) mass is 269 g/mol. The van der Waals surface area contributed by atoms with E-state index in [1.54, 1.807) is 7.11 Å². The zero-order chi connectivity index (χ0) is 12.6. The first-order valence-corrected chi connectivity index (χ1v) is 5.88. The Hall–Kier alpha value is -1.06. The quantitative estimate of drug-likeness (QED) is 0.826. The van der Waals surface area contributed by atoms with Crippen molar-refractivity contribution in [2.75, 3.05) is 21.2 Å². The van der Waals surface area contributed by atoms with Crippen LogP contribution in [-0.4, -0.2) is 37.4 Å². The molecule has 18 heavy (non-hydrogen) atoms. The van der Waals surface area contributed by atoms with E-state index in [0.29, 0.717) is 0 Å². The Bertz CT molecular complexity index is 459. The zero-order valence-electron chi connectivity index (χ0n) is 11.3. The van der Waals surface area contributed by atoms with Gasteiger partial charge in [0.15, 0.2) is 5.78 Å². The number of fused-ring (bicyclic) bond motifs is 1. The zero-order valence-corrected chi connectivity index (χ0v) is 12.1. The van der Waals surface area contributed by atoms with E-state index < -0.39 is 0 Å². The van der Waals surface area contributed by atoms with Crippen LogP contribution in [0.25, 0.3) is 0 Å². The number of aryl methyl sites for hydroxylation is 1. The van der Waals surface area contributed by atoms with Crippen molar-refractivity contribution in [3.63, 3.8) is 0 Å². The number of methoxy groups -OCH3 is 1. The number of Topliss-reactive ketones (excluding diaryl/α,β-unsaturated/α-hetero) is 1. The van der Waals surface area contributed by atoms with Gasteiger partial charge in [0.2, 0.25) is 0 Å². The van der Waals surface area contributed by atoms with Crippen LogP contribution in [0, 0.1) is 0 Å². The van der Waals surface area contributed by atoms with Crippen LogP contribution in [0.1, 0.15) is 29.3 Å². The van der Waals surface area contributed by atoms with Gasteiger partial charge in [0.1, 0.15) is 5.75 Å². The minimum atomic E-state index is -0.390. The van der Waals surface area contributed by atoms with E-state index in [9.17, 15) is 4.79 Å². The van der Waals surface area contributed by atoms with Gasteiger partial charge in [0.25, 0.3) is 0 Å². The Labute approximate surface area is 115 Å². The molecule has 0 saturated heterocycles. The van der Waals surface area contributed by atoms with Gasteiger partial charge in [-0.1, -0.05) is 6.07 Å². The van der Waals surface area contributed by atoms with Crippen LogP contribution >= 0.6 is 12.4 Å². The number of ketones is 1. The number of rotatable bonds is 2. The van der Waals surface area contributed by atoms with Crippen molar-refractivity contribution in [3.05, 3.63) is 29.3 Å². The van der Waals surface area contributed by atoms with Crippen LogP contribution in [0.4, 0.5) is 0 Å². The third-order valence-electron chi connectivity index (χ3n) is 3.92. The lowest BCUT2D eigenvalue weighted by Crippen LogP contribution is -2.51. The fraction of sp³-hybridized carbons (Fsp3) is 0.500. The summed E-state index contributed by atoms with van der Waals surface area (Å²) in [6, 6.07) is 5.78. The second kappa shape index (κ2) is 5.29. The third-order valence-corrected chi connectivity index (χ3v) is 3.92. The lowest BCUT2D eigenvalue weighted by molar-refractivity contribution is 0.0678. The molecule has 0 saturated carbocycles. The van der Waals surface area contributed by atoms with Crippen molar-refractivity contribution in [3.8, 4) is 5.75 Å². The number of halogens is 1. The molecule has 1 aliphatic carbocycles. The van der Waals surface area contributed by atoms with E-state index in [1.165, 1.54) is 0 Å². The molecule has 0 aliphatic heterocycles. The molecule has 1 aromatic rings. The van der Waals surface area contributed by atoms with Crippen molar-refractivity contribution >= 4 is 18.2 Å². The predicted molar refractivity (Wildman–Crippen MR) is 75.0 cm³/mol. The maximum Gasteiger partial charge on any atom is 0.183 e. The summed E-state index contributed by atoms with van der Waals surface area (Å²) in [5.74, 6) is 0.947. The highest BCUT2D eigenvalue weighted by atomic mass is 35.5. The Kier molecular flexibility index (Phi) is 4.41. The summed E-state index contributed by atoms with van der Waals surface area (Å²) >= 11 is 0. The Morgan fingerprint density at radius 1 is 1.33 bits per heavy atom. The van der Waals surface area contributed by atoms with Gasteiger partial charge < -0.3 is 4.74 Å². The third kappa shape index (κ3) is 2.25. The summed E-state index contributed by atoms with van der Waals surface area (Å²) in [5.41, 5.74) is 1.56. The second-order valence-corrected chi connectivity index (χ2v) is 5.02. The van der Waals surface area contributed by atoms with Crippen molar-refractivity contribution in [2.24, 2.45) is 0 Å². The van der Waals surface area contributed by atoms with Gasteiger partial charge in [0, 0.05) is 5.56 Å². The molecule has 100 valence electrons. The molecular weight excluding hydrogens is 250 g/mol. The fourth-order valence-corrected chi connectivity index (χ4v) is 2.32. The lowest BCUT2D eigenvalue weighted by atomic mass is 9.77. The molecule has 1 aromatic carbocycles. The standard InChI is InChI=1S/C14H19NO2.ClH/c1-14(15(2)3)8-7-10-5-6-11(17-4)9-12(10)13(14)16;/h5-6,9H,7-8H2,1-4H3;1H. The first-order chi connectivity index (χ1) is 7.99. The average molecular weight is 270 g/mol. The number of carbonyl (C=O) groups is 1. The Morgan fingerprint density at radius 2 is 2.00 bits per heavy atom. The second-order valence-electron chi connectivity index (χ2n) is 5.02. The lowest BCUT2D eigenvalue weighted by Gasteiger charge is -2.38. The average Bonchev–Trinajstić information content (AvgIpc) is 2.33. The van der Waals surface area contributed by atoms with Crippen LogP contribution < -0.4 is 4.74 Å². The molecule has 0 N–H and O–H groups in total. The van der Waals surface area contributed by atoms with E-state index in [2.05, 4.69) is 0 Å². The van der Waals surface area contributed by atoms with E-state index in [1.807, 2.05) is 44.1 Å². The minimum Gasteiger partial charge on any atom is -0.497 e. The largest absolute Gasteiger partial charge is 0.497 e. The molecule has 1 unspecified atom stereocenters. The number of carbonyl (C=O) groups excluding carboxylic acids is 1. The molecule has 2 rings (SSSR count). The summed E-state index contributed by atoms with van der Waals surface area (Å²) in [4.78, 5) is 14.6. The number of nitrogens with zero attached hydrogens (tertiary/aromatic N) is 1. The SMILES string of the molecule is COc1ccc2c(c1)C(=O)C(C)(N(C)C)CC2.Cl. The normalized spacial score (nSPS) is 22.4. The van der Waals surface area contributed by atoms with Gasteiger partial charge in [-0.2, -0.15) is 0 Å². The molecule has 4 heteroatoms. The number of hydrogen-bond donors (Lipinski definition) is 0. The van der Waals surface area contributed by atoms with Gasteiger partial charge in [0.05, 0.1) is 12.6 Å². The van der Waals surface area contributed by atoms with Gasteiger partial charge >= 0.3 is 0 Å². The van der Waals surface area contributed by atoms with E-state index in [-0.39, 0.29) is 23.7 Å². The van der Waals surface area contributed by atoms with Crippen LogP contribution in [0.15, 0.2) is 18.2 Å². The first kappa shape index (κ1) is 15.0. The van der Waals surface area contributed by atoms with Gasteiger partial charge in [-0.15, -0.1) is 12.4 Å². The molecule has 3 nitrogen and oxygen atoms in total. The van der Waals surface area contributed by atoms with Crippen molar-refractivity contribution in [1.29, 1.82) is 0 Å². The molecule has 0 aromatic heterocycles. The molecule has 1 atom stereocenters. The van der Waals surface area contributed by atoms with Crippen LogP contribution in [0.3, 0.4) is 0 Å². The molecule has 0 fully saturated rings. The highest BCUT2D eigenvalue weighted by Gasteiger charge is 2.40. The number of hydrogen-bond acceptors (Lipinski definition) is 3. The van der Waals surface area contributed by atoms with Crippen molar-refractivity contribution in [1.82, 2.24) is 4.90 Å². The highest BCUT2D eigenvalue weighted by Crippen LogP contribution is 2.33. The van der Waals surface area contributed by atoms with Gasteiger partial charge in [-0.05, 0) is 51.6 Å². The van der Waals surface area contributed by atoms with Crippen LogP contribution in [-0.2, 0) is 6.42 Å². The number of likely N-dealkylation sites (N-methyl/N-ethyl adjacent to an activating group) is 1. The summed E-state index contributed by atoms with van der Waals surface area (Å²) < 4.78 is 5.19. The maximum atomic E-state index is 12.6. The Morgan fingerprint density at radius 3 is 2.56 bits per heavy atom. The predicted octanol–water partition coefficient (Wildman–Crippen LogP) is 2.57. The maximum absolute atomic E-state index is 12.6. The molecule has 0 amide bonds. The molecule has 0 radical (unpaired) electrons. The fourth-order valence-electron chi connectivity index (χ4n) is 2.32. The topological polar surface area (TPSA) is 29.5 Å². The van der Waals surface area contributed by atoms with Crippen molar-refractivity contribution < 1.29 is 9.53 Å². The van der Waals surface area contributed by atoms with E-state index >= 15 is 0 Å². The number of ether oxygens (including phenoxy) is 1. The van der Waals surface area contributed by atoms with Gasteiger partial charge in [-0.25, -0.2) is 0 Å². The summed E-state index contributed by atoms with van der Waals surface area (Å²) in [6.45, 7) is 2.01. The van der Waals surface area contributed by atoms with Gasteiger partial charge in [-0.3, -0.25) is 9.69 Å². The molecular formula is C14H20ClNO2. The number of benzene rings is 1. The molecule has 0 bridgehead atoms. The van der Waals surface area contributed by atoms with E-state index in [4.69, 9.17) is 4.74 Å². The highest BCUT2D eigenvalue weighted by molar-refractivity contribution is 6.05. The molecule has 0 spiro atoms. The van der Waals surface area contributed by atoms with E-state index in [0.717, 1.165) is 29.7 Å². The summed E-state index contributed by atoms with van der Waals surface area (Å²) in [5, 5.41) is 0. The molecule has 1 aliphatic rings. The Balaban J connectivity index is 0.00000162. The minimum absolute atomic E-state index is 0. The van der Waals surface area contributed by atoms with Crippen molar-refractivity contribution in [2.45, 2.75) is 25.3 Å². The molecule has 0 heterocycles. The first-order valence-electron chi connectivity index (χ1n) is 5.88. The van der Waals surface area contributed by atoms with Crippen LogP contribution in [0.5, 0.6) is 5.75 Å². The van der Waals surface area contributed by atoms with Crippen LogP contribution in [0.2, 0.25) is 0 Å².